The van der Waals surface area contributed by atoms with E-state index in [1.807, 2.05) is 6.07 Å². The molecule has 1 aromatic rings. The van der Waals surface area contributed by atoms with Gasteiger partial charge in [-0.2, -0.15) is 0 Å². The third kappa shape index (κ3) is 5.23. The fourth-order valence-corrected chi connectivity index (χ4v) is 2.29. The molecule has 1 N–H and O–H groups in total. The highest BCUT2D eigenvalue weighted by molar-refractivity contribution is 5.29. The molecule has 0 aromatic heterocycles. The summed E-state index contributed by atoms with van der Waals surface area (Å²) >= 11 is 0. The number of nitrogens with one attached hydrogen (secondary N) is 1. The predicted octanol–water partition coefficient (Wildman–Crippen LogP) is 3.90. The number of methoxy groups -OCH3 is 1. The summed E-state index contributed by atoms with van der Waals surface area (Å²) in [5, 5.41) is 3.70. The number of ether oxygens (including phenoxy) is 1. The maximum absolute atomic E-state index is 5.31. The molecule has 0 heterocycles. The van der Waals surface area contributed by atoms with Crippen LogP contribution >= 0.6 is 0 Å². The summed E-state index contributed by atoms with van der Waals surface area (Å²) in [6.45, 7) is 10.3. The summed E-state index contributed by atoms with van der Waals surface area (Å²) in [6.07, 6.45) is 2.25. The monoisotopic (exact) mass is 263 g/mol. The molecule has 2 unspecified atom stereocenters. The Labute approximate surface area is 118 Å². The van der Waals surface area contributed by atoms with Crippen molar-refractivity contribution in [1.82, 2.24) is 5.32 Å². The molecule has 0 aliphatic rings. The van der Waals surface area contributed by atoms with Crippen molar-refractivity contribution in [3.05, 3.63) is 29.8 Å². The molecule has 0 bridgehead atoms. The van der Waals surface area contributed by atoms with Gasteiger partial charge in [-0.05, 0) is 48.9 Å². The Morgan fingerprint density at radius 2 is 1.95 bits per heavy atom. The van der Waals surface area contributed by atoms with Crippen molar-refractivity contribution < 1.29 is 4.74 Å². The van der Waals surface area contributed by atoms with Crippen LogP contribution in [0.4, 0.5) is 0 Å². The molecule has 1 rings (SSSR count). The van der Waals surface area contributed by atoms with Crippen molar-refractivity contribution in [3.8, 4) is 5.75 Å². The van der Waals surface area contributed by atoms with Crippen LogP contribution in [0.5, 0.6) is 5.75 Å². The van der Waals surface area contributed by atoms with Gasteiger partial charge in [-0.15, -0.1) is 0 Å². The van der Waals surface area contributed by atoms with E-state index >= 15 is 0 Å². The van der Waals surface area contributed by atoms with Gasteiger partial charge in [0.2, 0.25) is 0 Å². The number of rotatable bonds is 8. The van der Waals surface area contributed by atoms with Crippen LogP contribution in [0.15, 0.2) is 24.3 Å². The molecule has 1 aromatic carbocycles. The predicted molar refractivity (Wildman–Crippen MR) is 82.8 cm³/mol. The van der Waals surface area contributed by atoms with Gasteiger partial charge in [0.1, 0.15) is 5.75 Å². The maximum atomic E-state index is 5.31. The second kappa shape index (κ2) is 8.21. The van der Waals surface area contributed by atoms with Gasteiger partial charge in [-0.25, -0.2) is 0 Å². The number of hydrogen-bond donors (Lipinski definition) is 1. The molecule has 0 aliphatic carbocycles. The van der Waals surface area contributed by atoms with E-state index in [0.29, 0.717) is 17.9 Å². The van der Waals surface area contributed by atoms with Gasteiger partial charge < -0.3 is 10.1 Å². The first-order chi connectivity index (χ1) is 9.08. The van der Waals surface area contributed by atoms with Crippen molar-refractivity contribution in [2.75, 3.05) is 13.7 Å². The van der Waals surface area contributed by atoms with Gasteiger partial charge in [0.25, 0.3) is 0 Å². The van der Waals surface area contributed by atoms with Gasteiger partial charge in [-0.3, -0.25) is 0 Å². The molecule has 0 saturated carbocycles. The summed E-state index contributed by atoms with van der Waals surface area (Å²) in [4.78, 5) is 0. The van der Waals surface area contributed by atoms with Crippen molar-refractivity contribution in [2.45, 2.75) is 46.6 Å². The molecular formula is C17H29NO. The van der Waals surface area contributed by atoms with E-state index in [9.17, 15) is 0 Å². The van der Waals surface area contributed by atoms with Crippen molar-refractivity contribution >= 4 is 0 Å². The van der Waals surface area contributed by atoms with Crippen LogP contribution in [-0.4, -0.2) is 19.7 Å². The summed E-state index contributed by atoms with van der Waals surface area (Å²) in [5.41, 5.74) is 1.35. The molecule has 0 radical (unpaired) electrons. The normalized spacial score (nSPS) is 14.4. The second-order valence-corrected chi connectivity index (χ2v) is 5.72. The molecule has 0 amide bonds. The van der Waals surface area contributed by atoms with Crippen LogP contribution in [0.3, 0.4) is 0 Å². The zero-order valence-electron chi connectivity index (χ0n) is 13.1. The smallest absolute Gasteiger partial charge is 0.119 e. The third-order valence-electron chi connectivity index (χ3n) is 3.93. The summed E-state index contributed by atoms with van der Waals surface area (Å²) in [5.74, 6) is 2.31. The number of hydrogen-bond acceptors (Lipinski definition) is 2. The van der Waals surface area contributed by atoms with Crippen molar-refractivity contribution in [2.24, 2.45) is 11.8 Å². The third-order valence-corrected chi connectivity index (χ3v) is 3.93. The standard InChI is InChI=1S/C17H29NO/c1-6-10-18-17(14(4)13(2)3)12-15-8-7-9-16(11-15)19-5/h7-9,11,13-14,17-18H,6,10,12H2,1-5H3. The molecule has 0 saturated heterocycles. The molecule has 0 fully saturated rings. The Kier molecular flexibility index (Phi) is 6.93. The Balaban J connectivity index is 2.74. The van der Waals surface area contributed by atoms with E-state index in [2.05, 4.69) is 51.2 Å². The first kappa shape index (κ1) is 16.0. The van der Waals surface area contributed by atoms with Crippen molar-refractivity contribution in [1.29, 1.82) is 0 Å². The van der Waals surface area contributed by atoms with E-state index in [-0.39, 0.29) is 0 Å². The van der Waals surface area contributed by atoms with Gasteiger partial charge in [0, 0.05) is 6.04 Å². The second-order valence-electron chi connectivity index (χ2n) is 5.72. The lowest BCUT2D eigenvalue weighted by molar-refractivity contribution is 0.296. The lowest BCUT2D eigenvalue weighted by atomic mass is 9.86. The fourth-order valence-electron chi connectivity index (χ4n) is 2.29. The Hall–Kier alpha value is -1.02. The maximum Gasteiger partial charge on any atom is 0.119 e. The molecule has 0 spiro atoms. The quantitative estimate of drug-likeness (QED) is 0.768. The molecule has 108 valence electrons. The van der Waals surface area contributed by atoms with Crippen LogP contribution in [0.1, 0.15) is 39.7 Å². The SMILES string of the molecule is CCCNC(Cc1cccc(OC)c1)C(C)C(C)C. The van der Waals surface area contributed by atoms with Gasteiger partial charge in [0.05, 0.1) is 7.11 Å². The summed E-state index contributed by atoms with van der Waals surface area (Å²) in [7, 11) is 1.72. The van der Waals surface area contributed by atoms with Crippen molar-refractivity contribution in [3.63, 3.8) is 0 Å². The van der Waals surface area contributed by atoms with Gasteiger partial charge in [0.15, 0.2) is 0 Å². The summed E-state index contributed by atoms with van der Waals surface area (Å²) < 4.78 is 5.31. The van der Waals surface area contributed by atoms with Gasteiger partial charge >= 0.3 is 0 Å². The first-order valence-corrected chi connectivity index (χ1v) is 7.44. The van der Waals surface area contributed by atoms with Crippen LogP contribution < -0.4 is 10.1 Å². The van der Waals surface area contributed by atoms with Crippen LogP contribution in [-0.2, 0) is 6.42 Å². The zero-order chi connectivity index (χ0) is 14.3. The fraction of sp³-hybridized carbons (Fsp3) is 0.647. The van der Waals surface area contributed by atoms with E-state index in [1.54, 1.807) is 7.11 Å². The molecule has 19 heavy (non-hydrogen) atoms. The lowest BCUT2D eigenvalue weighted by Crippen LogP contribution is -2.39. The molecule has 0 aliphatic heterocycles. The van der Waals surface area contributed by atoms with Crippen LogP contribution in [0.2, 0.25) is 0 Å². The number of benzene rings is 1. The first-order valence-electron chi connectivity index (χ1n) is 7.44. The van der Waals surface area contributed by atoms with Crippen LogP contribution in [0.25, 0.3) is 0 Å². The lowest BCUT2D eigenvalue weighted by Gasteiger charge is -2.28. The average molecular weight is 263 g/mol. The Morgan fingerprint density at radius 3 is 2.53 bits per heavy atom. The minimum Gasteiger partial charge on any atom is -0.497 e. The summed E-state index contributed by atoms with van der Waals surface area (Å²) in [6, 6.07) is 8.95. The average Bonchev–Trinajstić information content (AvgIpc) is 2.42. The van der Waals surface area contributed by atoms with E-state index < -0.39 is 0 Å². The minimum atomic E-state index is 0.534. The zero-order valence-corrected chi connectivity index (χ0v) is 13.1. The molecule has 2 nitrogen and oxygen atoms in total. The van der Waals surface area contributed by atoms with E-state index in [1.165, 1.54) is 12.0 Å². The van der Waals surface area contributed by atoms with E-state index in [4.69, 9.17) is 4.74 Å². The highest BCUT2D eigenvalue weighted by Gasteiger charge is 2.20. The highest BCUT2D eigenvalue weighted by atomic mass is 16.5. The topological polar surface area (TPSA) is 21.3 Å². The molecule has 2 atom stereocenters. The van der Waals surface area contributed by atoms with E-state index in [0.717, 1.165) is 18.7 Å². The molecular weight excluding hydrogens is 234 g/mol. The minimum absolute atomic E-state index is 0.534. The van der Waals surface area contributed by atoms with Gasteiger partial charge in [-0.1, -0.05) is 39.8 Å². The Bertz CT molecular complexity index is 362. The molecule has 2 heteroatoms. The largest absolute Gasteiger partial charge is 0.497 e. The Morgan fingerprint density at radius 1 is 1.21 bits per heavy atom. The highest BCUT2D eigenvalue weighted by Crippen LogP contribution is 2.20. The van der Waals surface area contributed by atoms with Crippen LogP contribution in [0, 0.1) is 11.8 Å².